The van der Waals surface area contributed by atoms with Crippen molar-refractivity contribution in [2.75, 3.05) is 24.6 Å². The van der Waals surface area contributed by atoms with Crippen LogP contribution in [0.5, 0.6) is 0 Å². The van der Waals surface area contributed by atoms with Crippen molar-refractivity contribution in [3.8, 4) is 0 Å². The normalized spacial score (nSPS) is 39.6. The van der Waals surface area contributed by atoms with Crippen LogP contribution in [0.25, 0.3) is 0 Å². The molecule has 0 bridgehead atoms. The lowest BCUT2D eigenvalue weighted by molar-refractivity contribution is -0.843. The van der Waals surface area contributed by atoms with E-state index < -0.39 is 0 Å². The first kappa shape index (κ1) is 6.19. The van der Waals surface area contributed by atoms with E-state index in [4.69, 9.17) is 4.78 Å². The maximum atomic E-state index is 10.5. The standard InChI is InChI=1S/C4H10N2OS/c5-8-3-1-6(7)2-4-8/h5-6H,1-4H2. The highest BCUT2D eigenvalue weighted by molar-refractivity contribution is 7.86. The van der Waals surface area contributed by atoms with E-state index in [-0.39, 0.29) is 10.7 Å². The molecule has 1 aliphatic rings. The van der Waals surface area contributed by atoms with Gasteiger partial charge in [0, 0.05) is 0 Å². The van der Waals surface area contributed by atoms with E-state index in [1.165, 1.54) is 0 Å². The highest BCUT2D eigenvalue weighted by atomic mass is 32.2. The van der Waals surface area contributed by atoms with Crippen molar-refractivity contribution >= 4 is 10.7 Å². The van der Waals surface area contributed by atoms with Gasteiger partial charge in [-0.1, -0.05) is 10.7 Å². The van der Waals surface area contributed by atoms with Gasteiger partial charge < -0.3 is 10.3 Å². The summed E-state index contributed by atoms with van der Waals surface area (Å²) < 4.78 is 7.24. The SMILES string of the molecule is N=S1CC[NH+]([O-])CC1. The molecule has 0 aromatic heterocycles. The fraction of sp³-hybridized carbons (Fsp3) is 1.00. The summed E-state index contributed by atoms with van der Waals surface area (Å²) in [6.45, 7) is 1.32. The molecule has 3 nitrogen and oxygen atoms in total. The molecule has 1 aliphatic heterocycles. The number of hydrogen-bond donors (Lipinski definition) is 2. The van der Waals surface area contributed by atoms with Crippen LogP contribution in [-0.2, 0) is 10.7 Å². The lowest BCUT2D eigenvalue weighted by Crippen LogP contribution is -3.09. The van der Waals surface area contributed by atoms with Crippen LogP contribution in [0.15, 0.2) is 0 Å². The predicted octanol–water partition coefficient (Wildman–Crippen LogP) is -1.24. The Bertz CT molecular complexity index is 96.2. The molecule has 2 N–H and O–H groups in total. The Kier molecular flexibility index (Phi) is 1.99. The van der Waals surface area contributed by atoms with Crippen LogP contribution < -0.4 is 5.06 Å². The molecule has 0 radical (unpaired) electrons. The summed E-state index contributed by atoms with van der Waals surface area (Å²) in [6.07, 6.45) is 0. The van der Waals surface area contributed by atoms with Crippen molar-refractivity contribution in [2.45, 2.75) is 0 Å². The molecular formula is C4H10N2OS. The van der Waals surface area contributed by atoms with Gasteiger partial charge in [0.15, 0.2) is 0 Å². The average Bonchev–Trinajstić information content (AvgIpc) is 1.77. The van der Waals surface area contributed by atoms with E-state index in [9.17, 15) is 5.21 Å². The Hall–Kier alpha value is 0.0700. The molecule has 0 spiro atoms. The van der Waals surface area contributed by atoms with Crippen LogP contribution in [-0.4, -0.2) is 24.6 Å². The number of rotatable bonds is 0. The highest BCUT2D eigenvalue weighted by Gasteiger charge is 2.07. The third kappa shape index (κ3) is 1.54. The van der Waals surface area contributed by atoms with Crippen molar-refractivity contribution in [1.82, 2.24) is 0 Å². The molecule has 0 amide bonds. The molecule has 1 heterocycles. The summed E-state index contributed by atoms with van der Waals surface area (Å²) in [4.78, 5) is 0. The van der Waals surface area contributed by atoms with Gasteiger partial charge in [-0.25, -0.2) is 0 Å². The van der Waals surface area contributed by atoms with Crippen LogP contribution in [0.1, 0.15) is 0 Å². The van der Waals surface area contributed by atoms with Gasteiger partial charge in [-0.2, -0.15) is 0 Å². The zero-order valence-corrected chi connectivity index (χ0v) is 5.46. The number of hydrogen-bond acceptors (Lipinski definition) is 2. The molecular weight excluding hydrogens is 124 g/mol. The number of quaternary nitrogens is 1. The van der Waals surface area contributed by atoms with E-state index in [1.54, 1.807) is 0 Å². The van der Waals surface area contributed by atoms with Crippen molar-refractivity contribution < 1.29 is 5.06 Å². The first-order chi connectivity index (χ1) is 3.79. The molecule has 0 atom stereocenters. The minimum Gasteiger partial charge on any atom is -0.634 e. The summed E-state index contributed by atoms with van der Waals surface area (Å²) in [6, 6.07) is 0. The molecule has 0 aliphatic carbocycles. The van der Waals surface area contributed by atoms with Gasteiger partial charge >= 0.3 is 0 Å². The quantitative estimate of drug-likeness (QED) is 0.400. The maximum absolute atomic E-state index is 10.5. The van der Waals surface area contributed by atoms with E-state index >= 15 is 0 Å². The Balaban J connectivity index is 2.29. The van der Waals surface area contributed by atoms with Gasteiger partial charge in [-0.3, -0.25) is 4.78 Å². The second kappa shape index (κ2) is 2.57. The molecule has 0 unspecified atom stereocenters. The van der Waals surface area contributed by atoms with E-state index in [0.717, 1.165) is 11.5 Å². The number of hydroxylamine groups is 2. The summed E-state index contributed by atoms with van der Waals surface area (Å²) in [5.74, 6) is 1.64. The largest absolute Gasteiger partial charge is 0.634 e. The summed E-state index contributed by atoms with van der Waals surface area (Å²) >= 11 is 0. The summed E-state index contributed by atoms with van der Waals surface area (Å²) in [7, 11) is -0.182. The zero-order chi connectivity index (χ0) is 5.98. The average molecular weight is 134 g/mol. The zero-order valence-electron chi connectivity index (χ0n) is 4.64. The summed E-state index contributed by atoms with van der Waals surface area (Å²) in [5.41, 5.74) is 0. The Morgan fingerprint density at radius 2 is 1.88 bits per heavy atom. The van der Waals surface area contributed by atoms with Gasteiger partial charge in [-0.05, 0) is 0 Å². The molecule has 1 saturated heterocycles. The van der Waals surface area contributed by atoms with Crippen LogP contribution in [0.3, 0.4) is 0 Å². The topological polar surface area (TPSA) is 51.4 Å². The second-order valence-electron chi connectivity index (χ2n) is 1.94. The van der Waals surface area contributed by atoms with Crippen molar-refractivity contribution in [3.63, 3.8) is 0 Å². The molecule has 48 valence electrons. The lowest BCUT2D eigenvalue weighted by atomic mass is 10.6. The highest BCUT2D eigenvalue weighted by Crippen LogP contribution is 1.82. The molecule has 1 fully saturated rings. The molecule has 4 heteroatoms. The minimum absolute atomic E-state index is 0.182. The van der Waals surface area contributed by atoms with Crippen molar-refractivity contribution in [2.24, 2.45) is 0 Å². The molecule has 8 heavy (non-hydrogen) atoms. The van der Waals surface area contributed by atoms with E-state index in [0.29, 0.717) is 18.2 Å². The van der Waals surface area contributed by atoms with E-state index in [1.807, 2.05) is 0 Å². The predicted molar refractivity (Wildman–Crippen MR) is 33.9 cm³/mol. The van der Waals surface area contributed by atoms with Gasteiger partial charge in [-0.15, -0.1) is 0 Å². The van der Waals surface area contributed by atoms with Crippen LogP contribution in [0.4, 0.5) is 0 Å². The molecule has 0 aromatic rings. The van der Waals surface area contributed by atoms with Crippen molar-refractivity contribution in [3.05, 3.63) is 5.21 Å². The van der Waals surface area contributed by atoms with Gasteiger partial charge in [0.05, 0.1) is 24.6 Å². The Morgan fingerprint density at radius 3 is 2.25 bits per heavy atom. The van der Waals surface area contributed by atoms with Crippen molar-refractivity contribution in [1.29, 1.82) is 4.78 Å². The third-order valence-corrected chi connectivity index (χ3v) is 2.65. The first-order valence-electron chi connectivity index (χ1n) is 2.69. The smallest absolute Gasteiger partial charge is 0.0869 e. The fourth-order valence-corrected chi connectivity index (χ4v) is 1.85. The lowest BCUT2D eigenvalue weighted by Gasteiger charge is -2.26. The van der Waals surface area contributed by atoms with Gasteiger partial charge in [0.1, 0.15) is 0 Å². The van der Waals surface area contributed by atoms with Gasteiger partial charge in [0.2, 0.25) is 0 Å². The van der Waals surface area contributed by atoms with Crippen LogP contribution >= 0.6 is 0 Å². The Labute approximate surface area is 51.2 Å². The third-order valence-electron chi connectivity index (χ3n) is 1.25. The van der Waals surface area contributed by atoms with Gasteiger partial charge in [0.25, 0.3) is 0 Å². The fourth-order valence-electron chi connectivity index (χ4n) is 0.701. The molecule has 0 aromatic carbocycles. The Morgan fingerprint density at radius 1 is 1.38 bits per heavy atom. The van der Waals surface area contributed by atoms with E-state index in [2.05, 4.69) is 0 Å². The molecule has 0 saturated carbocycles. The second-order valence-corrected chi connectivity index (χ2v) is 3.74. The number of nitrogens with one attached hydrogen (secondary N) is 2. The molecule has 1 rings (SSSR count). The maximum Gasteiger partial charge on any atom is 0.0869 e. The monoisotopic (exact) mass is 134 g/mol. The minimum atomic E-state index is -0.182. The van der Waals surface area contributed by atoms with Crippen LogP contribution in [0.2, 0.25) is 0 Å². The first-order valence-corrected chi connectivity index (χ1v) is 4.26. The van der Waals surface area contributed by atoms with Crippen LogP contribution in [0, 0.1) is 9.99 Å². The summed E-state index contributed by atoms with van der Waals surface area (Å²) in [5, 5.41) is 10.9.